The van der Waals surface area contributed by atoms with Gasteiger partial charge < -0.3 is 11.1 Å². The molecule has 23 heavy (non-hydrogen) atoms. The molecule has 0 aliphatic carbocycles. The van der Waals surface area contributed by atoms with E-state index in [1.54, 1.807) is 4.31 Å². The maximum Gasteiger partial charge on any atom is 0.211 e. The number of rotatable bonds is 10. The van der Waals surface area contributed by atoms with Crippen LogP contribution in [0.5, 0.6) is 0 Å². The fourth-order valence-electron chi connectivity index (χ4n) is 2.83. The van der Waals surface area contributed by atoms with E-state index in [4.69, 9.17) is 5.73 Å². The minimum atomic E-state index is -3.04. The normalized spacial score (nSPS) is 18.3. The van der Waals surface area contributed by atoms with Gasteiger partial charge in [0.2, 0.25) is 10.0 Å². The van der Waals surface area contributed by atoms with Crippen LogP contribution in [0.2, 0.25) is 0 Å². The number of hydrogen-bond acceptors (Lipinski definition) is 3. The van der Waals surface area contributed by atoms with Gasteiger partial charge in [-0.25, -0.2) is 12.7 Å². The molecule has 1 aliphatic rings. The van der Waals surface area contributed by atoms with Crippen LogP contribution in [0.25, 0.3) is 0 Å². The Balaban J connectivity index is 2.10. The minimum Gasteiger partial charge on any atom is -0.370 e. The van der Waals surface area contributed by atoms with Crippen molar-refractivity contribution >= 4 is 16.0 Å². The highest BCUT2D eigenvalue weighted by molar-refractivity contribution is 7.88. The van der Waals surface area contributed by atoms with Crippen molar-refractivity contribution < 1.29 is 8.42 Å². The molecular formula is C16H34N4O2S. The van der Waals surface area contributed by atoms with Gasteiger partial charge in [-0.05, 0) is 25.2 Å². The summed E-state index contributed by atoms with van der Waals surface area (Å²) in [5, 5.41) is 3.17. The number of sulfonamides is 1. The molecule has 1 fully saturated rings. The van der Waals surface area contributed by atoms with E-state index < -0.39 is 10.0 Å². The summed E-state index contributed by atoms with van der Waals surface area (Å²) in [6.07, 6.45) is 10.6. The average molecular weight is 347 g/mol. The first-order valence-electron chi connectivity index (χ1n) is 8.92. The predicted octanol–water partition coefficient (Wildman–Crippen LogP) is 1.92. The molecule has 0 spiro atoms. The number of aliphatic imine (C=N–C) groups is 1. The van der Waals surface area contributed by atoms with Crippen molar-refractivity contribution in [2.75, 3.05) is 32.4 Å². The lowest BCUT2D eigenvalue weighted by Gasteiger charge is -2.29. The van der Waals surface area contributed by atoms with Gasteiger partial charge in [-0.15, -0.1) is 0 Å². The van der Waals surface area contributed by atoms with Gasteiger partial charge in [0.1, 0.15) is 0 Å². The molecule has 0 aromatic heterocycles. The first kappa shape index (κ1) is 20.2. The van der Waals surface area contributed by atoms with Crippen LogP contribution >= 0.6 is 0 Å². The fourth-order valence-corrected chi connectivity index (χ4v) is 3.70. The molecule has 0 aromatic carbocycles. The summed E-state index contributed by atoms with van der Waals surface area (Å²) in [5.41, 5.74) is 5.88. The van der Waals surface area contributed by atoms with E-state index in [0.717, 1.165) is 25.8 Å². The third kappa shape index (κ3) is 9.15. The number of nitrogens with one attached hydrogen (secondary N) is 1. The van der Waals surface area contributed by atoms with Crippen molar-refractivity contribution in [3.63, 3.8) is 0 Å². The van der Waals surface area contributed by atoms with Crippen molar-refractivity contribution in [1.29, 1.82) is 0 Å². The van der Waals surface area contributed by atoms with Crippen molar-refractivity contribution in [2.24, 2.45) is 16.6 Å². The molecule has 6 nitrogen and oxygen atoms in total. The zero-order chi connectivity index (χ0) is 17.1. The van der Waals surface area contributed by atoms with E-state index in [1.807, 2.05) is 0 Å². The van der Waals surface area contributed by atoms with E-state index in [2.05, 4.69) is 17.2 Å². The third-order valence-electron chi connectivity index (χ3n) is 4.40. The van der Waals surface area contributed by atoms with E-state index in [9.17, 15) is 8.42 Å². The molecule has 0 atom stereocenters. The zero-order valence-electron chi connectivity index (χ0n) is 14.8. The second kappa shape index (κ2) is 10.9. The zero-order valence-corrected chi connectivity index (χ0v) is 15.6. The Morgan fingerprint density at radius 1 is 1.17 bits per heavy atom. The van der Waals surface area contributed by atoms with Crippen LogP contribution in [0.3, 0.4) is 0 Å². The Bertz CT molecular complexity index is 443. The minimum absolute atomic E-state index is 0.433. The second-order valence-electron chi connectivity index (χ2n) is 6.53. The summed E-state index contributed by atoms with van der Waals surface area (Å²) in [6.45, 7) is 5.00. The molecule has 3 N–H and O–H groups in total. The largest absolute Gasteiger partial charge is 0.370 e. The molecule has 1 saturated heterocycles. The van der Waals surface area contributed by atoms with E-state index in [0.29, 0.717) is 31.5 Å². The van der Waals surface area contributed by atoms with Gasteiger partial charge >= 0.3 is 0 Å². The van der Waals surface area contributed by atoms with Gasteiger partial charge in [0, 0.05) is 26.2 Å². The Hall–Kier alpha value is -0.820. The van der Waals surface area contributed by atoms with Crippen LogP contribution in [-0.4, -0.2) is 51.1 Å². The highest BCUT2D eigenvalue weighted by Gasteiger charge is 2.24. The van der Waals surface area contributed by atoms with Crippen LogP contribution in [0, 0.1) is 5.92 Å². The quantitative estimate of drug-likeness (QED) is 0.359. The number of unbranched alkanes of at least 4 members (excludes halogenated alkanes) is 5. The Morgan fingerprint density at radius 2 is 1.78 bits per heavy atom. The molecule has 0 unspecified atom stereocenters. The molecule has 1 rings (SSSR count). The van der Waals surface area contributed by atoms with E-state index >= 15 is 0 Å². The molecule has 136 valence electrons. The fraction of sp³-hybridized carbons (Fsp3) is 0.938. The van der Waals surface area contributed by atoms with Gasteiger partial charge in [0.05, 0.1) is 6.26 Å². The van der Waals surface area contributed by atoms with Gasteiger partial charge in [-0.3, -0.25) is 4.99 Å². The van der Waals surface area contributed by atoms with Crippen molar-refractivity contribution in [3.8, 4) is 0 Å². The first-order valence-corrected chi connectivity index (χ1v) is 10.8. The SMILES string of the molecule is CCCCCCCCNC(N)=NCC1CCN(S(C)(=O)=O)CC1. The third-order valence-corrected chi connectivity index (χ3v) is 5.70. The number of nitrogens with zero attached hydrogens (tertiary/aromatic N) is 2. The maximum absolute atomic E-state index is 11.5. The van der Waals surface area contributed by atoms with Crippen LogP contribution in [0.15, 0.2) is 4.99 Å². The Labute approximate surface area is 142 Å². The average Bonchev–Trinajstić information content (AvgIpc) is 2.51. The number of nitrogens with two attached hydrogens (primary N) is 1. The molecule has 0 saturated carbocycles. The molecule has 1 heterocycles. The van der Waals surface area contributed by atoms with Crippen LogP contribution in [-0.2, 0) is 10.0 Å². The van der Waals surface area contributed by atoms with Gasteiger partial charge in [0.15, 0.2) is 5.96 Å². The smallest absolute Gasteiger partial charge is 0.211 e. The number of guanidine groups is 1. The Kier molecular flexibility index (Phi) is 9.55. The van der Waals surface area contributed by atoms with Crippen molar-refractivity contribution in [2.45, 2.75) is 58.3 Å². The lowest BCUT2D eigenvalue weighted by Crippen LogP contribution is -2.39. The molecular weight excluding hydrogens is 312 g/mol. The van der Waals surface area contributed by atoms with Gasteiger partial charge in [0.25, 0.3) is 0 Å². The molecule has 0 bridgehead atoms. The maximum atomic E-state index is 11.5. The monoisotopic (exact) mass is 346 g/mol. The summed E-state index contributed by atoms with van der Waals surface area (Å²) in [4.78, 5) is 4.40. The van der Waals surface area contributed by atoms with E-state index in [-0.39, 0.29) is 0 Å². The lowest BCUT2D eigenvalue weighted by molar-refractivity contribution is 0.280. The lowest BCUT2D eigenvalue weighted by atomic mass is 9.98. The van der Waals surface area contributed by atoms with Crippen molar-refractivity contribution in [1.82, 2.24) is 9.62 Å². The number of hydrogen-bond donors (Lipinski definition) is 2. The summed E-state index contributed by atoms with van der Waals surface area (Å²) in [7, 11) is -3.04. The second-order valence-corrected chi connectivity index (χ2v) is 8.51. The molecule has 0 radical (unpaired) electrons. The summed E-state index contributed by atoms with van der Waals surface area (Å²) in [5.74, 6) is 0.950. The highest BCUT2D eigenvalue weighted by atomic mass is 32.2. The van der Waals surface area contributed by atoms with Crippen LogP contribution in [0.4, 0.5) is 0 Å². The van der Waals surface area contributed by atoms with Gasteiger partial charge in [-0.1, -0.05) is 39.0 Å². The molecule has 7 heteroatoms. The summed E-state index contributed by atoms with van der Waals surface area (Å²) >= 11 is 0. The van der Waals surface area contributed by atoms with Gasteiger partial charge in [-0.2, -0.15) is 0 Å². The number of piperidine rings is 1. The van der Waals surface area contributed by atoms with Crippen molar-refractivity contribution in [3.05, 3.63) is 0 Å². The summed E-state index contributed by atoms with van der Waals surface area (Å²) < 4.78 is 24.5. The Morgan fingerprint density at radius 3 is 2.39 bits per heavy atom. The van der Waals surface area contributed by atoms with Crippen LogP contribution in [0.1, 0.15) is 58.3 Å². The van der Waals surface area contributed by atoms with Crippen LogP contribution < -0.4 is 11.1 Å². The topological polar surface area (TPSA) is 87.8 Å². The standard InChI is InChI=1S/C16H34N4O2S/c1-3-4-5-6-7-8-11-18-16(17)19-14-15-9-12-20(13-10-15)23(2,21)22/h15H,3-14H2,1-2H3,(H3,17,18,19). The highest BCUT2D eigenvalue weighted by Crippen LogP contribution is 2.19. The summed E-state index contributed by atoms with van der Waals surface area (Å²) in [6, 6.07) is 0. The van der Waals surface area contributed by atoms with E-state index in [1.165, 1.54) is 38.4 Å². The first-order chi connectivity index (χ1) is 10.9. The molecule has 1 aliphatic heterocycles. The molecule has 0 aromatic rings. The molecule has 0 amide bonds. The predicted molar refractivity (Wildman–Crippen MR) is 97.0 cm³/mol.